The Morgan fingerprint density at radius 2 is 2.64 bits per heavy atom. The maximum atomic E-state index is 10.8. The first-order valence-electron chi connectivity index (χ1n) is 3.87. The predicted octanol–water partition coefficient (Wildman–Crippen LogP) is 1.39. The molecule has 1 saturated heterocycles. The Morgan fingerprint density at radius 3 is 3.09 bits per heavy atom. The third-order valence-electron chi connectivity index (χ3n) is 1.94. The Labute approximate surface area is 67.0 Å². The predicted molar refractivity (Wildman–Crippen MR) is 44.1 cm³/mol. The van der Waals surface area contributed by atoms with E-state index < -0.39 is 0 Å². The minimum absolute atomic E-state index is 0.173. The highest BCUT2D eigenvalue weighted by molar-refractivity contribution is 5.78. The van der Waals surface area contributed by atoms with Crippen LogP contribution in [0.2, 0.25) is 0 Å². The van der Waals surface area contributed by atoms with Gasteiger partial charge in [-0.2, -0.15) is 0 Å². The normalized spacial score (nSPS) is 22.6. The highest BCUT2D eigenvalue weighted by atomic mass is 16.1. The van der Waals surface area contributed by atoms with Crippen LogP contribution in [0.15, 0.2) is 17.9 Å². The smallest absolute Gasteiger partial charge is 0.220 e. The molecule has 1 fully saturated rings. The summed E-state index contributed by atoms with van der Waals surface area (Å²) in [6.45, 7) is 5.53. The van der Waals surface area contributed by atoms with Crippen molar-refractivity contribution in [1.29, 1.82) is 0 Å². The second-order valence-electron chi connectivity index (χ2n) is 2.96. The fourth-order valence-electron chi connectivity index (χ4n) is 1.27. The monoisotopic (exact) mass is 151 g/mol. The lowest BCUT2D eigenvalue weighted by molar-refractivity contribution is -0.119. The minimum atomic E-state index is 0.173. The molecule has 0 aromatic carbocycles. The van der Waals surface area contributed by atoms with Gasteiger partial charge >= 0.3 is 0 Å². The van der Waals surface area contributed by atoms with Gasteiger partial charge < -0.3 is 5.32 Å². The van der Waals surface area contributed by atoms with E-state index in [0.29, 0.717) is 12.5 Å². The molecule has 1 heterocycles. The molecule has 1 atom stereocenters. The van der Waals surface area contributed by atoms with Crippen molar-refractivity contribution in [2.45, 2.75) is 32.2 Å². The second kappa shape index (κ2) is 3.40. The summed E-state index contributed by atoms with van der Waals surface area (Å²) in [5, 5.41) is 2.89. The van der Waals surface area contributed by atoms with Crippen LogP contribution < -0.4 is 5.32 Å². The molecule has 0 aromatic rings. The van der Waals surface area contributed by atoms with E-state index in [1.54, 1.807) is 0 Å². The van der Waals surface area contributed by atoms with Crippen molar-refractivity contribution in [2.24, 2.45) is 0 Å². The molecule has 2 heteroatoms. The third kappa shape index (κ3) is 2.24. The number of hydrogen-bond donors (Lipinski definition) is 1. The summed E-state index contributed by atoms with van der Waals surface area (Å²) in [6.07, 6.45) is 2.53. The van der Waals surface area contributed by atoms with Crippen molar-refractivity contribution in [3.05, 3.63) is 17.9 Å². The zero-order valence-electron chi connectivity index (χ0n) is 6.81. The topological polar surface area (TPSA) is 29.1 Å². The Bertz CT molecular complexity index is 214. The summed E-state index contributed by atoms with van der Waals surface area (Å²) in [7, 11) is 0. The maximum Gasteiger partial charge on any atom is 0.220 e. The molecule has 1 aliphatic rings. The summed E-state index contributed by atoms with van der Waals surface area (Å²) in [4.78, 5) is 10.8. The van der Waals surface area contributed by atoms with Crippen molar-refractivity contribution in [3.63, 3.8) is 0 Å². The lowest BCUT2D eigenvalue weighted by Gasteiger charge is -2.07. The average Bonchev–Trinajstić information content (AvgIpc) is 2.35. The van der Waals surface area contributed by atoms with Gasteiger partial charge in [-0.3, -0.25) is 4.79 Å². The van der Waals surface area contributed by atoms with Crippen molar-refractivity contribution >= 4 is 5.91 Å². The molecule has 1 rings (SSSR count). The van der Waals surface area contributed by atoms with Crippen LogP contribution in [0.4, 0.5) is 0 Å². The third-order valence-corrected chi connectivity index (χ3v) is 1.94. The number of rotatable bonds is 2. The number of carbonyl (C=O) groups excluding carboxylic acids is 1. The van der Waals surface area contributed by atoms with E-state index in [1.807, 2.05) is 6.92 Å². The largest absolute Gasteiger partial charge is 0.353 e. The molecule has 0 aromatic heterocycles. The first kappa shape index (κ1) is 8.09. The summed E-state index contributed by atoms with van der Waals surface area (Å²) in [5.41, 5.74) is 3.94. The van der Waals surface area contributed by atoms with Gasteiger partial charge in [-0.25, -0.2) is 0 Å². The van der Waals surface area contributed by atoms with Crippen LogP contribution in [0, 0.1) is 0 Å². The average molecular weight is 151 g/mol. The van der Waals surface area contributed by atoms with Crippen LogP contribution in [0.5, 0.6) is 0 Å². The molecule has 1 aliphatic heterocycles. The van der Waals surface area contributed by atoms with Gasteiger partial charge in [0.05, 0.1) is 0 Å². The van der Waals surface area contributed by atoms with Gasteiger partial charge in [0.25, 0.3) is 0 Å². The van der Waals surface area contributed by atoms with E-state index in [2.05, 4.69) is 17.6 Å². The SMILES string of the molecule is C=C=C(C)C[C@@H]1CCC(=O)N1. The first-order valence-corrected chi connectivity index (χ1v) is 3.87. The van der Waals surface area contributed by atoms with Gasteiger partial charge in [0.2, 0.25) is 5.91 Å². The number of hydrogen-bond acceptors (Lipinski definition) is 1. The van der Waals surface area contributed by atoms with E-state index in [-0.39, 0.29) is 5.91 Å². The standard InChI is InChI=1S/C9H13NO/c1-3-7(2)6-8-4-5-9(11)10-8/h8H,1,4-6H2,2H3,(H,10,11)/t8-/m0/s1. The van der Waals surface area contributed by atoms with E-state index in [1.165, 1.54) is 0 Å². The number of amides is 1. The van der Waals surface area contributed by atoms with E-state index in [0.717, 1.165) is 18.4 Å². The van der Waals surface area contributed by atoms with Crippen molar-refractivity contribution in [2.75, 3.05) is 0 Å². The van der Waals surface area contributed by atoms with Gasteiger partial charge in [-0.15, -0.1) is 5.73 Å². The number of carbonyl (C=O) groups is 1. The molecule has 0 bridgehead atoms. The quantitative estimate of drug-likeness (QED) is 0.594. The minimum Gasteiger partial charge on any atom is -0.353 e. The highest BCUT2D eigenvalue weighted by Crippen LogP contribution is 2.13. The van der Waals surface area contributed by atoms with Crippen molar-refractivity contribution in [1.82, 2.24) is 5.32 Å². The summed E-state index contributed by atoms with van der Waals surface area (Å²) in [5.74, 6) is 0.173. The lowest BCUT2D eigenvalue weighted by Crippen LogP contribution is -2.25. The zero-order valence-corrected chi connectivity index (χ0v) is 6.81. The molecule has 60 valence electrons. The van der Waals surface area contributed by atoms with Crippen LogP contribution in [-0.4, -0.2) is 11.9 Å². The molecule has 2 nitrogen and oxygen atoms in total. The van der Waals surface area contributed by atoms with E-state index in [9.17, 15) is 4.79 Å². The van der Waals surface area contributed by atoms with E-state index >= 15 is 0 Å². The summed E-state index contributed by atoms with van der Waals surface area (Å²) < 4.78 is 0. The highest BCUT2D eigenvalue weighted by Gasteiger charge is 2.20. The van der Waals surface area contributed by atoms with Crippen LogP contribution in [0.3, 0.4) is 0 Å². The molecular weight excluding hydrogens is 138 g/mol. The van der Waals surface area contributed by atoms with Crippen LogP contribution in [-0.2, 0) is 4.79 Å². The fourth-order valence-corrected chi connectivity index (χ4v) is 1.27. The van der Waals surface area contributed by atoms with Gasteiger partial charge in [0.1, 0.15) is 0 Å². The van der Waals surface area contributed by atoms with E-state index in [4.69, 9.17) is 0 Å². The molecule has 0 saturated carbocycles. The van der Waals surface area contributed by atoms with Crippen LogP contribution >= 0.6 is 0 Å². The molecule has 0 spiro atoms. The van der Waals surface area contributed by atoms with Crippen molar-refractivity contribution in [3.8, 4) is 0 Å². The molecule has 0 unspecified atom stereocenters. The molecule has 11 heavy (non-hydrogen) atoms. The molecule has 1 amide bonds. The molecular formula is C9H13NO. The van der Waals surface area contributed by atoms with Gasteiger partial charge in [-0.05, 0) is 25.3 Å². The van der Waals surface area contributed by atoms with Gasteiger partial charge in [0, 0.05) is 12.5 Å². The Morgan fingerprint density at radius 1 is 1.91 bits per heavy atom. The lowest BCUT2D eigenvalue weighted by atomic mass is 10.1. The van der Waals surface area contributed by atoms with Gasteiger partial charge in [-0.1, -0.05) is 6.58 Å². The number of nitrogens with one attached hydrogen (secondary N) is 1. The molecule has 0 aliphatic carbocycles. The second-order valence-corrected chi connectivity index (χ2v) is 2.96. The van der Waals surface area contributed by atoms with Crippen molar-refractivity contribution < 1.29 is 4.79 Å². The van der Waals surface area contributed by atoms with Gasteiger partial charge in [0.15, 0.2) is 0 Å². The Balaban J connectivity index is 2.40. The fraction of sp³-hybridized carbons (Fsp3) is 0.556. The molecule has 0 radical (unpaired) electrons. The zero-order chi connectivity index (χ0) is 8.27. The maximum absolute atomic E-state index is 10.8. The van der Waals surface area contributed by atoms with Crippen LogP contribution in [0.1, 0.15) is 26.2 Å². The summed E-state index contributed by atoms with van der Waals surface area (Å²) >= 11 is 0. The summed E-state index contributed by atoms with van der Waals surface area (Å²) in [6, 6.07) is 0.330. The Kier molecular flexibility index (Phi) is 2.50. The first-order chi connectivity index (χ1) is 5.22. The Hall–Kier alpha value is -1.01. The van der Waals surface area contributed by atoms with Crippen LogP contribution in [0.25, 0.3) is 0 Å². The molecule has 1 N–H and O–H groups in total.